The summed E-state index contributed by atoms with van der Waals surface area (Å²) in [4.78, 5) is 12.0. The minimum atomic E-state index is -3.66. The lowest BCUT2D eigenvalue weighted by molar-refractivity contribution is 0.0365. The van der Waals surface area contributed by atoms with Gasteiger partial charge in [-0.2, -0.15) is 4.72 Å². The topological polar surface area (TPSA) is 105 Å². The Morgan fingerprint density at radius 2 is 2.00 bits per heavy atom. The number of aliphatic hydroxyl groups excluding tert-OH is 1. The molecule has 1 amide bonds. The third-order valence-corrected chi connectivity index (χ3v) is 6.67. The molecule has 2 rings (SSSR count). The predicted molar refractivity (Wildman–Crippen MR) is 86.1 cm³/mol. The highest BCUT2D eigenvalue weighted by Crippen LogP contribution is 2.48. The first-order valence-corrected chi connectivity index (χ1v) is 9.17. The molecule has 0 spiro atoms. The van der Waals surface area contributed by atoms with Gasteiger partial charge in [0, 0.05) is 5.92 Å². The normalized spacial score (nSPS) is 30.2. The van der Waals surface area contributed by atoms with Gasteiger partial charge in [0.1, 0.15) is 11.8 Å². The first-order valence-electron chi connectivity index (χ1n) is 7.69. The molecule has 2 aliphatic carbocycles. The third kappa shape index (κ3) is 3.70. The lowest BCUT2D eigenvalue weighted by Gasteiger charge is -2.28. The summed E-state index contributed by atoms with van der Waals surface area (Å²) < 4.78 is 31.2. The molecule has 3 N–H and O–H groups in total. The van der Waals surface area contributed by atoms with E-state index in [-0.39, 0.29) is 5.92 Å². The summed E-state index contributed by atoms with van der Waals surface area (Å²) in [5.74, 6) is -0.222. The van der Waals surface area contributed by atoms with Gasteiger partial charge in [0.25, 0.3) is 0 Å². The number of sulfonamides is 1. The number of carbonyl (C=O) groups excluding carboxylic acids is 1. The Morgan fingerprint density at radius 3 is 2.39 bits per heavy atom. The summed E-state index contributed by atoms with van der Waals surface area (Å²) in [6.45, 7) is 10.5. The number of ether oxygens (including phenoxy) is 1. The molecule has 0 aromatic rings. The van der Waals surface area contributed by atoms with E-state index in [9.17, 15) is 18.3 Å². The van der Waals surface area contributed by atoms with Crippen LogP contribution < -0.4 is 10.0 Å². The van der Waals surface area contributed by atoms with Crippen LogP contribution >= 0.6 is 0 Å². The Labute approximate surface area is 137 Å². The Bertz CT molecular complexity index is 606. The summed E-state index contributed by atoms with van der Waals surface area (Å²) in [6, 6.07) is 0. The van der Waals surface area contributed by atoms with Crippen molar-refractivity contribution in [3.8, 4) is 0 Å². The van der Waals surface area contributed by atoms with E-state index in [1.54, 1.807) is 33.8 Å². The van der Waals surface area contributed by atoms with Crippen LogP contribution in [0.2, 0.25) is 0 Å². The van der Waals surface area contributed by atoms with Gasteiger partial charge in [-0.15, -0.1) is 6.58 Å². The second-order valence-corrected chi connectivity index (χ2v) is 9.92. The van der Waals surface area contributed by atoms with E-state index in [1.807, 2.05) is 0 Å². The van der Waals surface area contributed by atoms with E-state index in [0.29, 0.717) is 19.3 Å². The second-order valence-electron chi connectivity index (χ2n) is 7.69. The van der Waals surface area contributed by atoms with Gasteiger partial charge in [-0.25, -0.2) is 13.2 Å². The van der Waals surface area contributed by atoms with Crippen molar-refractivity contribution in [1.29, 1.82) is 0 Å². The lowest BCUT2D eigenvalue weighted by Crippen LogP contribution is -2.57. The van der Waals surface area contributed by atoms with E-state index in [0.717, 1.165) is 0 Å². The van der Waals surface area contributed by atoms with Gasteiger partial charge in [0.05, 0.1) is 10.3 Å². The standard InChI is InChI=1S/C15H26N2O5S/c1-6-10-9-15(10,16-12(19)22-13(2,3)4)11(18)17-23(20,21)14(5)7-8-14/h6,10-11,17-18H,1,7-9H2,2-5H3,(H,16,19)/t10?,11-,15?/m1/s1. The molecule has 23 heavy (non-hydrogen) atoms. The quantitative estimate of drug-likeness (QED) is 0.496. The van der Waals surface area contributed by atoms with Gasteiger partial charge < -0.3 is 15.2 Å². The van der Waals surface area contributed by atoms with Gasteiger partial charge in [0.15, 0.2) is 0 Å². The molecule has 0 saturated heterocycles. The number of aliphatic hydroxyl groups is 1. The SMILES string of the molecule is C=CC1CC1(NC(=O)OC(C)(C)C)[C@@H](O)NS(=O)(=O)C1(C)CC1. The van der Waals surface area contributed by atoms with Crippen LogP contribution in [-0.4, -0.2) is 41.7 Å². The molecule has 2 fully saturated rings. The number of rotatable bonds is 6. The zero-order chi connectivity index (χ0) is 17.7. The maximum Gasteiger partial charge on any atom is 0.408 e. The summed E-state index contributed by atoms with van der Waals surface area (Å²) >= 11 is 0. The molecule has 0 bridgehead atoms. The molecule has 2 saturated carbocycles. The van der Waals surface area contributed by atoms with E-state index in [1.165, 1.54) is 0 Å². The molecule has 0 radical (unpaired) electrons. The highest BCUT2D eigenvalue weighted by Gasteiger charge is 2.61. The smallest absolute Gasteiger partial charge is 0.408 e. The van der Waals surface area contributed by atoms with Crippen LogP contribution in [0.4, 0.5) is 4.79 Å². The van der Waals surface area contributed by atoms with E-state index >= 15 is 0 Å². The molecular weight excluding hydrogens is 320 g/mol. The van der Waals surface area contributed by atoms with Crippen molar-refractivity contribution in [2.24, 2.45) is 5.92 Å². The number of amides is 1. The Balaban J connectivity index is 2.09. The van der Waals surface area contributed by atoms with Crippen LogP contribution in [0.3, 0.4) is 0 Å². The predicted octanol–water partition coefficient (Wildman–Crippen LogP) is 1.25. The fraction of sp³-hybridized carbons (Fsp3) is 0.800. The molecule has 2 unspecified atom stereocenters. The monoisotopic (exact) mass is 346 g/mol. The number of nitrogens with one attached hydrogen (secondary N) is 2. The van der Waals surface area contributed by atoms with Crippen LogP contribution in [-0.2, 0) is 14.8 Å². The fourth-order valence-electron chi connectivity index (χ4n) is 2.46. The van der Waals surface area contributed by atoms with Gasteiger partial charge in [-0.1, -0.05) is 6.08 Å². The van der Waals surface area contributed by atoms with Gasteiger partial charge in [-0.05, 0) is 47.0 Å². The largest absolute Gasteiger partial charge is 0.444 e. The van der Waals surface area contributed by atoms with Crippen molar-refractivity contribution in [2.75, 3.05) is 0 Å². The minimum absolute atomic E-state index is 0.222. The minimum Gasteiger partial charge on any atom is -0.444 e. The zero-order valence-electron chi connectivity index (χ0n) is 14.0. The zero-order valence-corrected chi connectivity index (χ0v) is 14.9. The third-order valence-electron chi connectivity index (χ3n) is 4.44. The average Bonchev–Trinajstić information content (AvgIpc) is 3.24. The first kappa shape index (κ1) is 18.2. The highest BCUT2D eigenvalue weighted by atomic mass is 32.2. The van der Waals surface area contributed by atoms with Crippen molar-refractivity contribution < 1.29 is 23.1 Å². The molecule has 3 atom stereocenters. The van der Waals surface area contributed by atoms with Crippen LogP contribution in [0.5, 0.6) is 0 Å². The van der Waals surface area contributed by atoms with Crippen LogP contribution in [0.15, 0.2) is 12.7 Å². The highest BCUT2D eigenvalue weighted by molar-refractivity contribution is 7.91. The number of alkyl carbamates (subject to hydrolysis) is 1. The summed E-state index contributed by atoms with van der Waals surface area (Å²) in [6.07, 6.45) is 0.987. The molecule has 0 aliphatic heterocycles. The van der Waals surface area contributed by atoms with Gasteiger partial charge in [0.2, 0.25) is 10.0 Å². The molecule has 0 aromatic carbocycles. The number of hydrogen-bond donors (Lipinski definition) is 3. The molecule has 2 aliphatic rings. The fourth-order valence-corrected chi connectivity index (χ4v) is 3.89. The Morgan fingerprint density at radius 1 is 1.43 bits per heavy atom. The maximum absolute atomic E-state index is 12.3. The summed E-state index contributed by atoms with van der Waals surface area (Å²) in [7, 11) is -3.66. The maximum atomic E-state index is 12.3. The molecule has 8 heteroatoms. The van der Waals surface area contributed by atoms with Crippen molar-refractivity contribution in [2.45, 2.75) is 69.1 Å². The van der Waals surface area contributed by atoms with Crippen LogP contribution in [0.1, 0.15) is 47.0 Å². The first-order chi connectivity index (χ1) is 10.4. The molecule has 0 aromatic heterocycles. The van der Waals surface area contributed by atoms with Crippen molar-refractivity contribution >= 4 is 16.1 Å². The number of hydrogen-bond acceptors (Lipinski definition) is 5. The average molecular weight is 346 g/mol. The van der Waals surface area contributed by atoms with E-state index in [2.05, 4.69) is 16.6 Å². The Kier molecular flexibility index (Phi) is 4.32. The molecule has 7 nitrogen and oxygen atoms in total. The molecular formula is C15H26N2O5S. The lowest BCUT2D eigenvalue weighted by atomic mass is 10.1. The second kappa shape index (κ2) is 5.46. The van der Waals surface area contributed by atoms with Crippen LogP contribution in [0, 0.1) is 5.92 Å². The molecule has 0 heterocycles. The summed E-state index contributed by atoms with van der Waals surface area (Å²) in [5.41, 5.74) is -1.79. The molecule has 132 valence electrons. The van der Waals surface area contributed by atoms with Gasteiger partial charge >= 0.3 is 6.09 Å². The van der Waals surface area contributed by atoms with E-state index in [4.69, 9.17) is 4.74 Å². The van der Waals surface area contributed by atoms with Crippen molar-refractivity contribution in [1.82, 2.24) is 10.0 Å². The van der Waals surface area contributed by atoms with Gasteiger partial charge in [-0.3, -0.25) is 0 Å². The van der Waals surface area contributed by atoms with E-state index < -0.39 is 38.2 Å². The van der Waals surface area contributed by atoms with Crippen molar-refractivity contribution in [3.63, 3.8) is 0 Å². The number of carbonyl (C=O) groups is 1. The summed E-state index contributed by atoms with van der Waals surface area (Å²) in [5, 5.41) is 13.0. The van der Waals surface area contributed by atoms with Crippen molar-refractivity contribution in [3.05, 3.63) is 12.7 Å². The van der Waals surface area contributed by atoms with Crippen LogP contribution in [0.25, 0.3) is 0 Å². The Hall–Kier alpha value is -1.12.